The molecule has 0 spiro atoms. The summed E-state index contributed by atoms with van der Waals surface area (Å²) >= 11 is 0. The highest BCUT2D eigenvalue weighted by Crippen LogP contribution is 2.56. The molecule has 17 rings (SSSR count). The van der Waals surface area contributed by atoms with E-state index in [-0.39, 0.29) is 6.71 Å². The summed E-state index contributed by atoms with van der Waals surface area (Å²) < 4.78 is 2.47. The van der Waals surface area contributed by atoms with Gasteiger partial charge in [0.15, 0.2) is 0 Å². The zero-order valence-corrected chi connectivity index (χ0v) is 48.8. The van der Waals surface area contributed by atoms with Gasteiger partial charge in [0, 0.05) is 67.2 Å². The lowest BCUT2D eigenvalue weighted by Crippen LogP contribution is -2.61. The largest absolute Gasteiger partial charge is 0.310 e. The first-order valence-corrected chi connectivity index (χ1v) is 30.7. The first-order valence-electron chi connectivity index (χ1n) is 30.7. The Hall–Kier alpha value is -11.7. The highest BCUT2D eigenvalue weighted by molar-refractivity contribution is 7.00. The molecule has 0 radical (unpaired) electrons. The standard InChI is InChI=1S/C84H57BN4/c1-9-29-58(30-10-1)63-51-52-73-77(55-63)88(82-68(59-31-11-2-12-32-59)46-27-47-69(82)60-33-13-3-14-34-60)78-56-67(86(64-39-19-6-20-40-64)65-41-21-7-22-42-65)57-79-81(78)85(73)74-53-54-76-80(72-45-25-26-50-75(72)87(76)66-43-23-8-24-44-66)84(74)89(79)83-70(61-35-15-4-16-36-61)48-28-49-71(83)62-37-17-5-18-38-62/h1-57H. The molecule has 0 unspecified atom stereocenters. The predicted octanol–water partition coefficient (Wildman–Crippen LogP) is 20.7. The van der Waals surface area contributed by atoms with Gasteiger partial charge in [-0.05, 0) is 116 Å². The fraction of sp³-hybridized carbons (Fsp3) is 0. The third-order valence-electron chi connectivity index (χ3n) is 18.1. The van der Waals surface area contributed by atoms with Crippen LogP contribution in [-0.2, 0) is 0 Å². The molecule has 3 heterocycles. The number of benzene rings is 14. The van der Waals surface area contributed by atoms with E-state index in [1.54, 1.807) is 0 Å². The van der Waals surface area contributed by atoms with Crippen molar-refractivity contribution in [2.75, 3.05) is 14.7 Å². The molecule has 89 heavy (non-hydrogen) atoms. The Kier molecular flexibility index (Phi) is 12.6. The number of anilines is 9. The summed E-state index contributed by atoms with van der Waals surface area (Å²) in [6.45, 7) is -0.241. The molecule has 2 aliphatic heterocycles. The maximum atomic E-state index is 2.71. The topological polar surface area (TPSA) is 14.7 Å². The van der Waals surface area contributed by atoms with Crippen LogP contribution in [0.5, 0.6) is 0 Å². The number of hydrogen-bond acceptors (Lipinski definition) is 3. The number of fused-ring (bicyclic) bond motifs is 8. The van der Waals surface area contributed by atoms with Crippen molar-refractivity contribution in [3.63, 3.8) is 0 Å². The van der Waals surface area contributed by atoms with Crippen LogP contribution < -0.4 is 31.1 Å². The molecule has 14 aromatic carbocycles. The average molecular weight is 1130 g/mol. The first kappa shape index (κ1) is 51.7. The quantitative estimate of drug-likeness (QED) is 0.120. The van der Waals surface area contributed by atoms with E-state index >= 15 is 0 Å². The van der Waals surface area contributed by atoms with Crippen LogP contribution in [0.15, 0.2) is 346 Å². The summed E-state index contributed by atoms with van der Waals surface area (Å²) in [7, 11) is 0. The molecule has 416 valence electrons. The molecule has 4 nitrogen and oxygen atoms in total. The molecule has 0 amide bonds. The third-order valence-corrected chi connectivity index (χ3v) is 18.1. The Morgan fingerprint density at radius 3 is 1.18 bits per heavy atom. The van der Waals surface area contributed by atoms with E-state index in [9.17, 15) is 0 Å². The molecule has 0 aliphatic carbocycles. The highest BCUT2D eigenvalue weighted by Gasteiger charge is 2.47. The van der Waals surface area contributed by atoms with Crippen LogP contribution >= 0.6 is 0 Å². The molecule has 5 heteroatoms. The summed E-state index contributed by atoms with van der Waals surface area (Å²) in [4.78, 5) is 7.82. The van der Waals surface area contributed by atoms with Crippen molar-refractivity contribution in [3.8, 4) is 61.3 Å². The van der Waals surface area contributed by atoms with Crippen LogP contribution in [0.25, 0.3) is 83.1 Å². The zero-order valence-electron chi connectivity index (χ0n) is 48.8. The maximum absolute atomic E-state index is 2.71. The van der Waals surface area contributed by atoms with Crippen LogP contribution in [0.4, 0.5) is 51.2 Å². The molecule has 0 atom stereocenters. The average Bonchev–Trinajstić information content (AvgIpc) is 1.73. The maximum Gasteiger partial charge on any atom is 0.252 e. The molecule has 2 aliphatic rings. The Morgan fingerprint density at radius 1 is 0.258 bits per heavy atom. The molecule has 0 N–H and O–H groups in total. The van der Waals surface area contributed by atoms with Gasteiger partial charge < -0.3 is 19.3 Å². The van der Waals surface area contributed by atoms with Crippen molar-refractivity contribution in [1.82, 2.24) is 4.57 Å². The molecule has 15 aromatic rings. The van der Waals surface area contributed by atoms with Crippen molar-refractivity contribution in [1.29, 1.82) is 0 Å². The lowest BCUT2D eigenvalue weighted by Gasteiger charge is -2.46. The fourth-order valence-electron chi connectivity index (χ4n) is 14.4. The van der Waals surface area contributed by atoms with E-state index in [4.69, 9.17) is 0 Å². The molecular weight excluding hydrogens is 1080 g/mol. The summed E-state index contributed by atoms with van der Waals surface area (Å²) in [5, 5.41) is 2.37. The zero-order chi connectivity index (χ0) is 58.8. The van der Waals surface area contributed by atoms with Crippen LogP contribution in [0.3, 0.4) is 0 Å². The summed E-state index contributed by atoms with van der Waals surface area (Å²) in [6.07, 6.45) is 0. The van der Waals surface area contributed by atoms with Gasteiger partial charge in [0.25, 0.3) is 6.71 Å². The molecule has 0 bridgehead atoms. The van der Waals surface area contributed by atoms with Crippen molar-refractivity contribution in [2.45, 2.75) is 0 Å². The lowest BCUT2D eigenvalue weighted by atomic mass is 9.33. The summed E-state index contributed by atoms with van der Waals surface area (Å²) in [6, 6.07) is 128. The number of aromatic nitrogens is 1. The monoisotopic (exact) mass is 1130 g/mol. The lowest BCUT2D eigenvalue weighted by molar-refractivity contribution is 1.18. The predicted molar refractivity (Wildman–Crippen MR) is 377 cm³/mol. The smallest absolute Gasteiger partial charge is 0.252 e. The van der Waals surface area contributed by atoms with Crippen molar-refractivity contribution >= 4 is 96.1 Å². The van der Waals surface area contributed by atoms with Gasteiger partial charge in [-0.15, -0.1) is 0 Å². The molecular formula is C84H57BN4. The minimum atomic E-state index is -0.241. The van der Waals surface area contributed by atoms with Gasteiger partial charge in [-0.2, -0.15) is 0 Å². The highest BCUT2D eigenvalue weighted by atomic mass is 15.2. The Bertz CT molecular complexity index is 4960. The number of rotatable bonds is 11. The van der Waals surface area contributed by atoms with Gasteiger partial charge in [-0.1, -0.05) is 279 Å². The summed E-state index contributed by atoms with van der Waals surface area (Å²) in [5.41, 5.74) is 28.2. The van der Waals surface area contributed by atoms with Gasteiger partial charge >= 0.3 is 0 Å². The SMILES string of the molecule is c1ccc(-c2ccc3c(c2)N(c2c(-c4ccccc4)cccc2-c2ccccc2)c2cc(N(c4ccccc4)c4ccccc4)cc4c2B3c2ccc3c(c2N4c2c(-c4ccccc4)cccc2-c2ccccc2)c2ccccc2n3-c2ccccc2)cc1. The van der Waals surface area contributed by atoms with E-state index < -0.39 is 0 Å². The van der Waals surface area contributed by atoms with Gasteiger partial charge in [0.05, 0.1) is 33.8 Å². The Labute approximate surface area is 519 Å². The second-order valence-electron chi connectivity index (χ2n) is 23.1. The van der Waals surface area contributed by atoms with E-state index in [2.05, 4.69) is 365 Å². The van der Waals surface area contributed by atoms with E-state index in [0.717, 1.165) is 124 Å². The molecule has 1 aromatic heterocycles. The van der Waals surface area contributed by atoms with Crippen LogP contribution in [-0.4, -0.2) is 11.3 Å². The Balaban J connectivity index is 1.10. The number of para-hydroxylation sites is 6. The van der Waals surface area contributed by atoms with Gasteiger partial charge in [-0.3, -0.25) is 0 Å². The summed E-state index contributed by atoms with van der Waals surface area (Å²) in [5.74, 6) is 0. The number of nitrogens with zero attached hydrogens (tertiary/aromatic N) is 4. The van der Waals surface area contributed by atoms with E-state index in [1.807, 2.05) is 0 Å². The van der Waals surface area contributed by atoms with E-state index in [1.165, 1.54) is 27.2 Å². The molecule has 0 fully saturated rings. The minimum Gasteiger partial charge on any atom is -0.310 e. The van der Waals surface area contributed by atoms with E-state index in [0.29, 0.717) is 0 Å². The van der Waals surface area contributed by atoms with Crippen LogP contribution in [0.2, 0.25) is 0 Å². The normalized spacial score (nSPS) is 12.2. The van der Waals surface area contributed by atoms with Crippen LogP contribution in [0.1, 0.15) is 0 Å². The van der Waals surface area contributed by atoms with Crippen molar-refractivity contribution in [2.24, 2.45) is 0 Å². The van der Waals surface area contributed by atoms with Crippen LogP contribution in [0, 0.1) is 0 Å². The minimum absolute atomic E-state index is 0.241. The van der Waals surface area contributed by atoms with Crippen molar-refractivity contribution < 1.29 is 0 Å². The van der Waals surface area contributed by atoms with Gasteiger partial charge in [0.1, 0.15) is 0 Å². The second-order valence-corrected chi connectivity index (χ2v) is 23.1. The number of hydrogen-bond donors (Lipinski definition) is 0. The second kappa shape index (κ2) is 21.7. The Morgan fingerprint density at radius 2 is 0.674 bits per heavy atom. The molecule has 0 saturated carbocycles. The fourth-order valence-corrected chi connectivity index (χ4v) is 14.4. The molecule has 0 saturated heterocycles. The van der Waals surface area contributed by atoms with Gasteiger partial charge in [0.2, 0.25) is 0 Å². The van der Waals surface area contributed by atoms with Crippen molar-refractivity contribution in [3.05, 3.63) is 346 Å². The third kappa shape index (κ3) is 8.61. The van der Waals surface area contributed by atoms with Gasteiger partial charge in [-0.25, -0.2) is 0 Å². The first-order chi connectivity index (χ1) is 44.2.